The Balaban J connectivity index is 1.30. The van der Waals surface area contributed by atoms with Crippen LogP contribution in [0, 0.1) is 6.92 Å². The van der Waals surface area contributed by atoms with Crippen LogP contribution >= 0.6 is 11.3 Å². The zero-order chi connectivity index (χ0) is 19.9. The summed E-state index contributed by atoms with van der Waals surface area (Å²) in [6.07, 6.45) is 2.37. The zero-order valence-electron chi connectivity index (χ0n) is 16.3. The molecule has 0 unspecified atom stereocenters. The number of rotatable bonds is 6. The van der Waals surface area contributed by atoms with E-state index in [9.17, 15) is 14.4 Å². The summed E-state index contributed by atoms with van der Waals surface area (Å²) in [5, 5.41) is 2.61. The number of hydrogen-bond donors (Lipinski definition) is 2. The Morgan fingerprint density at radius 2 is 1.57 bits per heavy atom. The number of nitrogens with one attached hydrogen (secondary N) is 2. The summed E-state index contributed by atoms with van der Waals surface area (Å²) in [6, 6.07) is 0. The number of amides is 3. The predicted octanol–water partition coefficient (Wildman–Crippen LogP) is -0.619. The normalized spacial score (nSPS) is 18.2. The van der Waals surface area contributed by atoms with Crippen molar-refractivity contribution in [1.82, 2.24) is 30.5 Å². The average molecular weight is 409 g/mol. The van der Waals surface area contributed by atoms with Crippen LogP contribution in [0.1, 0.15) is 23.5 Å². The number of thiazole rings is 1. The topological polar surface area (TPSA) is 97.9 Å². The van der Waals surface area contributed by atoms with Crippen LogP contribution in [-0.2, 0) is 20.8 Å². The van der Waals surface area contributed by atoms with Gasteiger partial charge in [0.25, 0.3) is 5.91 Å². The molecule has 1 aromatic rings. The molecule has 0 atom stereocenters. The Morgan fingerprint density at radius 3 is 2.18 bits per heavy atom. The molecule has 3 rings (SSSR count). The fourth-order valence-electron chi connectivity index (χ4n) is 3.41. The van der Waals surface area contributed by atoms with Crippen molar-refractivity contribution in [2.45, 2.75) is 26.2 Å². The Kier molecular flexibility index (Phi) is 7.35. The van der Waals surface area contributed by atoms with Gasteiger partial charge in [-0.15, -0.1) is 11.3 Å². The molecule has 0 saturated carbocycles. The highest BCUT2D eigenvalue weighted by Gasteiger charge is 2.24. The van der Waals surface area contributed by atoms with Crippen molar-refractivity contribution >= 4 is 29.1 Å². The highest BCUT2D eigenvalue weighted by atomic mass is 32.1. The summed E-state index contributed by atoms with van der Waals surface area (Å²) in [7, 11) is 0. The monoisotopic (exact) mass is 408 g/mol. The van der Waals surface area contributed by atoms with Gasteiger partial charge in [0.2, 0.25) is 11.8 Å². The number of carbonyl (C=O) groups is 3. The van der Waals surface area contributed by atoms with Crippen LogP contribution in [0.25, 0.3) is 0 Å². The third-order valence-corrected chi connectivity index (χ3v) is 5.94. The molecule has 2 aliphatic heterocycles. The molecule has 28 heavy (non-hydrogen) atoms. The number of aryl methyl sites for hydroxylation is 1. The first-order valence-corrected chi connectivity index (χ1v) is 10.6. The van der Waals surface area contributed by atoms with E-state index < -0.39 is 0 Å². The lowest BCUT2D eigenvalue weighted by atomic mass is 10.3. The maximum absolute atomic E-state index is 12.2. The second-order valence-corrected chi connectivity index (χ2v) is 8.24. The fourth-order valence-corrected chi connectivity index (χ4v) is 4.18. The molecule has 2 fully saturated rings. The van der Waals surface area contributed by atoms with Crippen molar-refractivity contribution in [2.24, 2.45) is 0 Å². The van der Waals surface area contributed by atoms with Crippen molar-refractivity contribution < 1.29 is 14.4 Å². The molecule has 0 radical (unpaired) electrons. The summed E-state index contributed by atoms with van der Waals surface area (Å²) < 4.78 is 0. The molecule has 1 aromatic heterocycles. The van der Waals surface area contributed by atoms with Crippen molar-refractivity contribution in [1.29, 1.82) is 0 Å². The van der Waals surface area contributed by atoms with Crippen LogP contribution in [0.5, 0.6) is 0 Å². The minimum atomic E-state index is -0.284. The zero-order valence-corrected chi connectivity index (χ0v) is 17.1. The number of piperazine rings is 1. The maximum Gasteiger partial charge on any atom is 0.252 e. The molecule has 0 aliphatic carbocycles. The van der Waals surface area contributed by atoms with Gasteiger partial charge in [0.15, 0.2) is 0 Å². The molecule has 0 bridgehead atoms. The first-order chi connectivity index (χ1) is 13.5. The molecule has 10 heteroatoms. The first kappa shape index (κ1) is 20.7. The van der Waals surface area contributed by atoms with Gasteiger partial charge in [-0.1, -0.05) is 0 Å². The molecule has 2 N–H and O–H groups in total. The van der Waals surface area contributed by atoms with Crippen molar-refractivity contribution in [2.75, 3.05) is 52.4 Å². The molecule has 2 aliphatic rings. The first-order valence-electron chi connectivity index (χ1n) is 9.71. The van der Waals surface area contributed by atoms with Gasteiger partial charge in [0.1, 0.15) is 5.01 Å². The molecule has 9 nitrogen and oxygen atoms in total. The Hall–Kier alpha value is -2.04. The van der Waals surface area contributed by atoms with E-state index in [2.05, 4.69) is 20.7 Å². The molecular formula is C18H28N6O3S. The molecule has 154 valence electrons. The number of carbonyl (C=O) groups excluding carboxylic acids is 3. The van der Waals surface area contributed by atoms with Gasteiger partial charge in [-0.2, -0.15) is 0 Å². The predicted molar refractivity (Wildman–Crippen MR) is 106 cm³/mol. The van der Waals surface area contributed by atoms with Crippen LogP contribution in [0.2, 0.25) is 0 Å². The lowest BCUT2D eigenvalue weighted by Crippen LogP contribution is -2.53. The number of hydrogen-bond acceptors (Lipinski definition) is 7. The standard InChI is InChI=1S/C18H28N6O3S/c1-14-13-28-17(19-14)10-15(25)20-21-16(26)11-22-6-8-23(9-7-22)12-18(27)24-4-2-3-5-24/h13H,2-12H2,1H3,(H,20,25)(H,21,26). The Bertz CT molecular complexity index is 695. The van der Waals surface area contributed by atoms with E-state index in [1.807, 2.05) is 22.1 Å². The van der Waals surface area contributed by atoms with Gasteiger partial charge in [-0.25, -0.2) is 4.98 Å². The van der Waals surface area contributed by atoms with E-state index >= 15 is 0 Å². The van der Waals surface area contributed by atoms with Gasteiger partial charge in [0.05, 0.1) is 19.5 Å². The van der Waals surface area contributed by atoms with Crippen LogP contribution in [0.3, 0.4) is 0 Å². The summed E-state index contributed by atoms with van der Waals surface area (Å²) in [5.74, 6) is -0.319. The minimum Gasteiger partial charge on any atom is -0.342 e. The third kappa shape index (κ3) is 6.25. The van der Waals surface area contributed by atoms with Crippen molar-refractivity contribution in [3.05, 3.63) is 16.1 Å². The van der Waals surface area contributed by atoms with Gasteiger partial charge >= 0.3 is 0 Å². The molecule has 3 amide bonds. The van der Waals surface area contributed by atoms with E-state index in [1.54, 1.807) is 0 Å². The Morgan fingerprint density at radius 1 is 0.964 bits per heavy atom. The van der Waals surface area contributed by atoms with E-state index in [1.165, 1.54) is 11.3 Å². The van der Waals surface area contributed by atoms with Crippen molar-refractivity contribution in [3.63, 3.8) is 0 Å². The summed E-state index contributed by atoms with van der Waals surface area (Å²) in [4.78, 5) is 46.5. The van der Waals surface area contributed by atoms with Gasteiger partial charge in [-0.05, 0) is 19.8 Å². The van der Waals surface area contributed by atoms with Crippen LogP contribution in [0.4, 0.5) is 0 Å². The fraction of sp³-hybridized carbons (Fsp3) is 0.667. The lowest BCUT2D eigenvalue weighted by molar-refractivity contribution is -0.132. The van der Waals surface area contributed by atoms with Crippen LogP contribution in [-0.4, -0.2) is 89.8 Å². The highest BCUT2D eigenvalue weighted by molar-refractivity contribution is 7.09. The highest BCUT2D eigenvalue weighted by Crippen LogP contribution is 2.10. The van der Waals surface area contributed by atoms with E-state index in [0.717, 1.165) is 62.8 Å². The average Bonchev–Trinajstić information content (AvgIpc) is 3.34. The molecular weight excluding hydrogens is 380 g/mol. The van der Waals surface area contributed by atoms with Gasteiger partial charge in [0, 0.05) is 50.3 Å². The summed E-state index contributed by atoms with van der Waals surface area (Å²) in [5.41, 5.74) is 5.78. The SMILES string of the molecule is Cc1csc(CC(=O)NNC(=O)CN2CCN(CC(=O)N3CCCC3)CC2)n1. The minimum absolute atomic E-state index is 0.155. The van der Waals surface area contributed by atoms with Crippen LogP contribution in [0.15, 0.2) is 5.38 Å². The number of hydrazine groups is 1. The van der Waals surface area contributed by atoms with Gasteiger partial charge in [-0.3, -0.25) is 35.0 Å². The molecule has 3 heterocycles. The van der Waals surface area contributed by atoms with E-state index in [-0.39, 0.29) is 30.7 Å². The molecule has 0 aromatic carbocycles. The number of nitrogens with zero attached hydrogens (tertiary/aromatic N) is 4. The maximum atomic E-state index is 12.2. The second kappa shape index (κ2) is 9.94. The number of aromatic nitrogens is 1. The third-order valence-electron chi connectivity index (χ3n) is 4.97. The summed E-state index contributed by atoms with van der Waals surface area (Å²) in [6.45, 7) is 7.32. The Labute approximate surface area is 169 Å². The molecule has 2 saturated heterocycles. The van der Waals surface area contributed by atoms with Crippen LogP contribution < -0.4 is 10.9 Å². The lowest BCUT2D eigenvalue weighted by Gasteiger charge is -2.34. The summed E-state index contributed by atoms with van der Waals surface area (Å²) >= 11 is 1.43. The smallest absolute Gasteiger partial charge is 0.252 e. The van der Waals surface area contributed by atoms with Crippen molar-refractivity contribution in [3.8, 4) is 0 Å². The van der Waals surface area contributed by atoms with E-state index in [0.29, 0.717) is 6.54 Å². The quantitative estimate of drug-likeness (QED) is 0.609. The largest absolute Gasteiger partial charge is 0.342 e. The second-order valence-electron chi connectivity index (χ2n) is 7.30. The van der Waals surface area contributed by atoms with E-state index in [4.69, 9.17) is 0 Å². The van der Waals surface area contributed by atoms with Gasteiger partial charge < -0.3 is 4.90 Å². The molecule has 0 spiro atoms. The number of likely N-dealkylation sites (tertiary alicyclic amines) is 1.